The van der Waals surface area contributed by atoms with Crippen LogP contribution in [0.15, 0.2) is 48.5 Å². The summed E-state index contributed by atoms with van der Waals surface area (Å²) in [5, 5.41) is 2.81. The molecule has 2 aromatic rings. The van der Waals surface area contributed by atoms with Crippen molar-refractivity contribution in [2.75, 3.05) is 0 Å². The summed E-state index contributed by atoms with van der Waals surface area (Å²) < 4.78 is 12.8. The predicted octanol–water partition coefficient (Wildman–Crippen LogP) is 3.07. The number of rotatable bonds is 1. The van der Waals surface area contributed by atoms with Crippen LogP contribution in [0.1, 0.15) is 21.5 Å². The van der Waals surface area contributed by atoms with Gasteiger partial charge in [-0.05, 0) is 29.8 Å². The Morgan fingerprint density at radius 2 is 1.61 bits per heavy atom. The minimum Gasteiger partial charge on any atom is -0.321 e. The average molecular weight is 239 g/mol. The molecular weight excluding hydrogens is 229 g/mol. The van der Waals surface area contributed by atoms with Crippen LogP contribution in [-0.4, -0.2) is 5.91 Å². The van der Waals surface area contributed by atoms with Crippen molar-refractivity contribution in [3.05, 3.63) is 71.0 Å². The summed E-state index contributed by atoms with van der Waals surface area (Å²) in [5.74, 6) is -0.369. The summed E-state index contributed by atoms with van der Waals surface area (Å²) in [7, 11) is 0. The Balaban J connectivity index is 2.04. The third-order valence-electron chi connectivity index (χ3n) is 2.89. The van der Waals surface area contributed by atoms with Crippen LogP contribution in [-0.2, 0) is 0 Å². The van der Waals surface area contributed by atoms with E-state index in [0.29, 0.717) is 5.56 Å². The van der Waals surface area contributed by atoms with Crippen LogP contribution in [0.5, 0.6) is 0 Å². The lowest BCUT2D eigenvalue weighted by atomic mass is 10.1. The monoisotopic (exact) mass is 239 g/mol. The van der Waals surface area contributed by atoms with E-state index in [1.54, 1.807) is 18.2 Å². The van der Waals surface area contributed by atoms with Gasteiger partial charge in [-0.3, -0.25) is 4.79 Å². The lowest BCUT2D eigenvalue weighted by Crippen LogP contribution is -2.11. The largest absolute Gasteiger partial charge is 0.321 e. The summed E-state index contributed by atoms with van der Waals surface area (Å²) >= 11 is 0. The molecule has 2 nitrogen and oxygen atoms in total. The van der Waals surface area contributed by atoms with Crippen molar-refractivity contribution in [3.63, 3.8) is 0 Å². The maximum absolute atomic E-state index is 12.8. The van der Waals surface area contributed by atoms with Gasteiger partial charge in [-0.1, -0.05) is 30.3 Å². The second-order valence-electron chi connectivity index (χ2n) is 4.11. The fraction of sp³-hybridized carbons (Fsp3) is 0. The highest BCUT2D eigenvalue weighted by Gasteiger charge is 2.22. The molecule has 1 aliphatic heterocycles. The van der Waals surface area contributed by atoms with Crippen molar-refractivity contribution in [3.8, 4) is 0 Å². The van der Waals surface area contributed by atoms with Gasteiger partial charge in [-0.15, -0.1) is 0 Å². The molecule has 3 heteroatoms. The number of halogens is 1. The van der Waals surface area contributed by atoms with Gasteiger partial charge in [-0.25, -0.2) is 4.39 Å². The summed E-state index contributed by atoms with van der Waals surface area (Å²) in [6.45, 7) is 0. The highest BCUT2D eigenvalue weighted by atomic mass is 19.1. The summed E-state index contributed by atoms with van der Waals surface area (Å²) in [4.78, 5) is 11.7. The molecular formula is C15H10FNO. The highest BCUT2D eigenvalue weighted by molar-refractivity contribution is 6.11. The first kappa shape index (κ1) is 10.7. The minimum absolute atomic E-state index is 0.0982. The first-order valence-corrected chi connectivity index (χ1v) is 5.62. The van der Waals surface area contributed by atoms with Crippen molar-refractivity contribution in [2.45, 2.75) is 0 Å². The quantitative estimate of drug-likeness (QED) is 0.814. The van der Waals surface area contributed by atoms with Crippen molar-refractivity contribution in [1.29, 1.82) is 0 Å². The lowest BCUT2D eigenvalue weighted by molar-refractivity contribution is 0.0981. The number of benzene rings is 2. The number of amides is 1. The van der Waals surface area contributed by atoms with Crippen LogP contribution >= 0.6 is 0 Å². The van der Waals surface area contributed by atoms with Gasteiger partial charge in [0.25, 0.3) is 5.91 Å². The number of hydrogen-bond donors (Lipinski definition) is 1. The molecule has 0 atom stereocenters. The van der Waals surface area contributed by atoms with E-state index in [9.17, 15) is 9.18 Å². The van der Waals surface area contributed by atoms with Crippen LogP contribution < -0.4 is 5.32 Å². The molecule has 0 unspecified atom stereocenters. The van der Waals surface area contributed by atoms with Gasteiger partial charge in [0.15, 0.2) is 0 Å². The predicted molar refractivity (Wildman–Crippen MR) is 68.2 cm³/mol. The van der Waals surface area contributed by atoms with Gasteiger partial charge in [-0.2, -0.15) is 0 Å². The molecule has 3 rings (SSSR count). The van der Waals surface area contributed by atoms with Crippen LogP contribution in [0.3, 0.4) is 0 Å². The van der Waals surface area contributed by atoms with E-state index in [-0.39, 0.29) is 11.7 Å². The fourth-order valence-corrected chi connectivity index (χ4v) is 2.01. The number of nitrogens with one attached hydrogen (secondary N) is 1. The molecule has 2 aromatic carbocycles. The number of hydrogen-bond acceptors (Lipinski definition) is 1. The van der Waals surface area contributed by atoms with Crippen LogP contribution in [0.2, 0.25) is 0 Å². The fourth-order valence-electron chi connectivity index (χ4n) is 2.01. The standard InChI is InChI=1S/C15H10FNO/c16-11-7-5-10(6-8-11)9-14-12-3-1-2-4-13(12)15(18)17-14/h1-9H,(H,17,18). The normalized spacial score (nSPS) is 15.6. The van der Waals surface area contributed by atoms with Crippen molar-refractivity contribution >= 4 is 17.7 Å². The van der Waals surface area contributed by atoms with Gasteiger partial charge < -0.3 is 5.32 Å². The van der Waals surface area contributed by atoms with E-state index in [0.717, 1.165) is 16.8 Å². The van der Waals surface area contributed by atoms with Gasteiger partial charge >= 0.3 is 0 Å². The van der Waals surface area contributed by atoms with E-state index in [4.69, 9.17) is 0 Å². The Kier molecular flexibility index (Phi) is 2.45. The number of carbonyl (C=O) groups is 1. The Bertz CT molecular complexity index is 644. The molecule has 0 saturated heterocycles. The van der Waals surface area contributed by atoms with Gasteiger partial charge in [0.2, 0.25) is 0 Å². The third kappa shape index (κ3) is 1.80. The molecule has 1 amide bonds. The van der Waals surface area contributed by atoms with Gasteiger partial charge in [0, 0.05) is 16.8 Å². The first-order chi connectivity index (χ1) is 8.74. The third-order valence-corrected chi connectivity index (χ3v) is 2.89. The van der Waals surface area contributed by atoms with E-state index in [1.807, 2.05) is 24.3 Å². The second-order valence-corrected chi connectivity index (χ2v) is 4.11. The summed E-state index contributed by atoms with van der Waals surface area (Å²) in [6.07, 6.45) is 1.84. The topological polar surface area (TPSA) is 29.1 Å². The van der Waals surface area contributed by atoms with Crippen molar-refractivity contribution < 1.29 is 9.18 Å². The van der Waals surface area contributed by atoms with Gasteiger partial charge in [0.05, 0.1) is 0 Å². The Hall–Kier alpha value is -2.42. The summed E-state index contributed by atoms with van der Waals surface area (Å²) in [6, 6.07) is 13.5. The van der Waals surface area contributed by atoms with Crippen molar-refractivity contribution in [2.24, 2.45) is 0 Å². The molecule has 0 radical (unpaired) electrons. The molecule has 0 aliphatic carbocycles. The van der Waals surface area contributed by atoms with Crippen LogP contribution in [0, 0.1) is 5.82 Å². The van der Waals surface area contributed by atoms with E-state index >= 15 is 0 Å². The highest BCUT2D eigenvalue weighted by Crippen LogP contribution is 2.25. The molecule has 1 heterocycles. The molecule has 0 aromatic heterocycles. The molecule has 18 heavy (non-hydrogen) atoms. The zero-order valence-electron chi connectivity index (χ0n) is 9.48. The molecule has 0 fully saturated rings. The smallest absolute Gasteiger partial charge is 0.256 e. The first-order valence-electron chi connectivity index (χ1n) is 5.62. The van der Waals surface area contributed by atoms with Crippen LogP contribution in [0.25, 0.3) is 11.8 Å². The molecule has 88 valence electrons. The molecule has 0 spiro atoms. The Morgan fingerprint density at radius 1 is 0.944 bits per heavy atom. The molecule has 0 saturated carbocycles. The van der Waals surface area contributed by atoms with E-state index in [2.05, 4.69) is 5.32 Å². The lowest BCUT2D eigenvalue weighted by Gasteiger charge is -2.00. The minimum atomic E-state index is -0.270. The van der Waals surface area contributed by atoms with E-state index in [1.165, 1.54) is 12.1 Å². The molecule has 1 N–H and O–H groups in total. The summed E-state index contributed by atoms with van der Waals surface area (Å²) in [5.41, 5.74) is 3.16. The Labute approximate surface area is 104 Å². The van der Waals surface area contributed by atoms with Crippen LogP contribution in [0.4, 0.5) is 4.39 Å². The van der Waals surface area contributed by atoms with Crippen molar-refractivity contribution in [1.82, 2.24) is 5.32 Å². The maximum atomic E-state index is 12.8. The number of fused-ring (bicyclic) bond motifs is 1. The second kappa shape index (κ2) is 4.11. The zero-order valence-corrected chi connectivity index (χ0v) is 9.48. The zero-order chi connectivity index (χ0) is 12.5. The van der Waals surface area contributed by atoms with Gasteiger partial charge in [0.1, 0.15) is 5.82 Å². The average Bonchev–Trinajstić information content (AvgIpc) is 2.70. The number of carbonyl (C=O) groups excluding carboxylic acids is 1. The molecule has 1 aliphatic rings. The molecule has 0 bridgehead atoms. The Morgan fingerprint density at radius 3 is 2.33 bits per heavy atom. The SMILES string of the molecule is O=C1NC(=Cc2ccc(F)cc2)c2ccccc21. The van der Waals surface area contributed by atoms with E-state index < -0.39 is 0 Å². The maximum Gasteiger partial charge on any atom is 0.256 e.